The van der Waals surface area contributed by atoms with Crippen LogP contribution in [0.1, 0.15) is 18.4 Å². The van der Waals surface area contributed by atoms with Gasteiger partial charge in [-0.1, -0.05) is 11.1 Å². The zero-order chi connectivity index (χ0) is 9.90. The Balaban J connectivity index is 2.95. The molecule has 1 heterocycles. The zero-order valence-electron chi connectivity index (χ0n) is 7.11. The van der Waals surface area contributed by atoms with Crippen molar-refractivity contribution in [1.82, 2.24) is 5.16 Å². The molecule has 4 nitrogen and oxygen atoms in total. The molecule has 1 atom stereocenters. The molecule has 0 aliphatic rings. The summed E-state index contributed by atoms with van der Waals surface area (Å²) in [5.74, 6) is 2.56. The first-order valence-corrected chi connectivity index (χ1v) is 3.63. The predicted molar refractivity (Wildman–Crippen MR) is 44.2 cm³/mol. The average Bonchev–Trinajstić information content (AvgIpc) is 2.54. The van der Waals surface area contributed by atoms with Crippen LogP contribution in [-0.2, 0) is 12.0 Å². The molecule has 0 saturated carbocycles. The highest BCUT2D eigenvalue weighted by Crippen LogP contribution is 2.18. The van der Waals surface area contributed by atoms with Crippen LogP contribution in [0, 0.1) is 23.7 Å². The number of hydrogen-bond acceptors (Lipinski definition) is 4. The highest BCUT2D eigenvalue weighted by molar-refractivity contribution is 5.23. The summed E-state index contributed by atoms with van der Waals surface area (Å²) in [6, 6.07) is 3.38. The van der Waals surface area contributed by atoms with E-state index in [2.05, 4.69) is 11.1 Å². The molecular formula is C9H8N2O2. The zero-order valence-corrected chi connectivity index (χ0v) is 7.11. The number of aromatic nitrogens is 1. The molecular weight excluding hydrogens is 168 g/mol. The van der Waals surface area contributed by atoms with Crippen molar-refractivity contribution in [2.24, 2.45) is 0 Å². The van der Waals surface area contributed by atoms with Crippen molar-refractivity contribution in [3.8, 4) is 18.4 Å². The molecule has 1 aromatic rings. The normalized spacial score (nSPS) is 14.2. The first kappa shape index (κ1) is 9.31. The molecule has 13 heavy (non-hydrogen) atoms. The number of nitrogens with zero attached hydrogens (tertiary/aromatic N) is 2. The lowest BCUT2D eigenvalue weighted by Gasteiger charge is -2.10. The van der Waals surface area contributed by atoms with Gasteiger partial charge in [0.15, 0.2) is 11.4 Å². The lowest BCUT2D eigenvalue weighted by Crippen LogP contribution is -2.18. The van der Waals surface area contributed by atoms with Crippen LogP contribution in [-0.4, -0.2) is 10.3 Å². The Bertz CT molecular complexity index is 379. The van der Waals surface area contributed by atoms with Gasteiger partial charge >= 0.3 is 0 Å². The Hall–Kier alpha value is -1.78. The van der Waals surface area contributed by atoms with Gasteiger partial charge in [-0.3, -0.25) is 0 Å². The van der Waals surface area contributed by atoms with Crippen molar-refractivity contribution in [1.29, 1.82) is 5.26 Å². The number of terminal acetylenes is 1. The van der Waals surface area contributed by atoms with Gasteiger partial charge in [0.1, 0.15) is 5.69 Å². The Morgan fingerprint density at radius 3 is 3.08 bits per heavy atom. The fourth-order valence-corrected chi connectivity index (χ4v) is 0.778. The molecule has 0 fully saturated rings. The molecule has 0 aromatic carbocycles. The van der Waals surface area contributed by atoms with Gasteiger partial charge in [0.2, 0.25) is 0 Å². The minimum Gasteiger partial charge on any atom is -0.372 e. The third-order valence-electron chi connectivity index (χ3n) is 1.59. The lowest BCUT2D eigenvalue weighted by atomic mass is 10.0. The predicted octanol–water partition coefficient (Wildman–Crippen LogP) is 0.581. The number of rotatable bonds is 2. The van der Waals surface area contributed by atoms with Crippen LogP contribution in [0.4, 0.5) is 0 Å². The fourth-order valence-electron chi connectivity index (χ4n) is 0.778. The van der Waals surface area contributed by atoms with Crippen molar-refractivity contribution in [3.05, 3.63) is 17.5 Å². The van der Waals surface area contributed by atoms with Crippen molar-refractivity contribution in [3.63, 3.8) is 0 Å². The molecule has 1 rings (SSSR count). The van der Waals surface area contributed by atoms with Gasteiger partial charge in [-0.05, 0) is 6.92 Å². The van der Waals surface area contributed by atoms with E-state index in [1.807, 2.05) is 6.07 Å². The van der Waals surface area contributed by atoms with E-state index in [0.717, 1.165) is 0 Å². The summed E-state index contributed by atoms with van der Waals surface area (Å²) in [6.45, 7) is 1.43. The van der Waals surface area contributed by atoms with Crippen molar-refractivity contribution in [2.75, 3.05) is 0 Å². The largest absolute Gasteiger partial charge is 0.372 e. The maximum absolute atomic E-state index is 9.53. The standard InChI is InChI=1S/C9H8N2O2/c1-3-9(2,12)8-6-7(4-5-10)13-11-8/h1,6,12H,4H2,2H3/t9-/m0/s1. The summed E-state index contributed by atoms with van der Waals surface area (Å²) in [6.07, 6.45) is 5.19. The summed E-state index contributed by atoms with van der Waals surface area (Å²) in [5, 5.41) is 21.4. The van der Waals surface area contributed by atoms with Crippen molar-refractivity contribution >= 4 is 0 Å². The van der Waals surface area contributed by atoms with Crippen molar-refractivity contribution in [2.45, 2.75) is 18.9 Å². The highest BCUT2D eigenvalue weighted by Gasteiger charge is 2.24. The topological polar surface area (TPSA) is 70.0 Å². The molecule has 1 N–H and O–H groups in total. The van der Waals surface area contributed by atoms with E-state index in [-0.39, 0.29) is 12.1 Å². The first-order valence-electron chi connectivity index (χ1n) is 3.63. The van der Waals surface area contributed by atoms with Gasteiger partial charge in [-0.15, -0.1) is 6.42 Å². The quantitative estimate of drug-likeness (QED) is 0.669. The molecule has 1 aromatic heterocycles. The molecule has 0 saturated heterocycles. The Kier molecular flexibility index (Phi) is 2.36. The molecule has 0 unspecified atom stereocenters. The second-order valence-electron chi connectivity index (χ2n) is 2.73. The molecule has 4 heteroatoms. The van der Waals surface area contributed by atoms with Gasteiger partial charge < -0.3 is 9.63 Å². The SMILES string of the molecule is C#C[C@](C)(O)c1cc(CC#N)on1. The minimum absolute atomic E-state index is 0.119. The molecule has 0 amide bonds. The number of nitriles is 1. The van der Waals surface area contributed by atoms with E-state index in [1.54, 1.807) is 0 Å². The van der Waals surface area contributed by atoms with Crippen LogP contribution in [0.2, 0.25) is 0 Å². The van der Waals surface area contributed by atoms with E-state index in [4.69, 9.17) is 16.2 Å². The van der Waals surface area contributed by atoms with E-state index in [0.29, 0.717) is 5.76 Å². The highest BCUT2D eigenvalue weighted by atomic mass is 16.5. The van der Waals surface area contributed by atoms with Gasteiger partial charge in [0.25, 0.3) is 0 Å². The summed E-state index contributed by atoms with van der Waals surface area (Å²) in [5.41, 5.74) is -1.18. The van der Waals surface area contributed by atoms with Crippen LogP contribution in [0.5, 0.6) is 0 Å². The monoisotopic (exact) mass is 176 g/mol. The molecule has 0 spiro atoms. The fraction of sp³-hybridized carbons (Fsp3) is 0.333. The maximum Gasteiger partial charge on any atom is 0.168 e. The van der Waals surface area contributed by atoms with Gasteiger partial charge in [0, 0.05) is 6.07 Å². The smallest absolute Gasteiger partial charge is 0.168 e. The summed E-state index contributed by atoms with van der Waals surface area (Å²) < 4.78 is 4.77. The summed E-state index contributed by atoms with van der Waals surface area (Å²) in [4.78, 5) is 0. The van der Waals surface area contributed by atoms with Crippen LogP contribution in [0.25, 0.3) is 0 Å². The van der Waals surface area contributed by atoms with Crippen LogP contribution < -0.4 is 0 Å². The lowest BCUT2D eigenvalue weighted by molar-refractivity contribution is 0.113. The minimum atomic E-state index is -1.43. The summed E-state index contributed by atoms with van der Waals surface area (Å²) in [7, 11) is 0. The van der Waals surface area contributed by atoms with Gasteiger partial charge in [-0.2, -0.15) is 5.26 Å². The van der Waals surface area contributed by atoms with Gasteiger partial charge in [-0.25, -0.2) is 0 Å². The molecule has 0 radical (unpaired) electrons. The average molecular weight is 176 g/mol. The number of aliphatic hydroxyl groups is 1. The molecule has 0 aliphatic heterocycles. The molecule has 0 bridgehead atoms. The Labute approximate surface area is 75.8 Å². The third-order valence-corrected chi connectivity index (χ3v) is 1.59. The van der Waals surface area contributed by atoms with E-state index < -0.39 is 5.60 Å². The van der Waals surface area contributed by atoms with E-state index in [1.165, 1.54) is 13.0 Å². The molecule has 0 aliphatic carbocycles. The van der Waals surface area contributed by atoms with E-state index >= 15 is 0 Å². The summed E-state index contributed by atoms with van der Waals surface area (Å²) >= 11 is 0. The third kappa shape index (κ3) is 1.87. The second kappa shape index (κ2) is 3.30. The number of hydrogen-bond donors (Lipinski definition) is 1. The Morgan fingerprint density at radius 2 is 2.54 bits per heavy atom. The Morgan fingerprint density at radius 1 is 1.85 bits per heavy atom. The van der Waals surface area contributed by atoms with Crippen LogP contribution >= 0.6 is 0 Å². The van der Waals surface area contributed by atoms with E-state index in [9.17, 15) is 5.11 Å². The maximum atomic E-state index is 9.53. The van der Waals surface area contributed by atoms with Crippen molar-refractivity contribution < 1.29 is 9.63 Å². The van der Waals surface area contributed by atoms with Gasteiger partial charge in [0.05, 0.1) is 12.5 Å². The second-order valence-corrected chi connectivity index (χ2v) is 2.73. The van der Waals surface area contributed by atoms with Crippen LogP contribution in [0.3, 0.4) is 0 Å². The van der Waals surface area contributed by atoms with Crippen LogP contribution in [0.15, 0.2) is 10.6 Å². The molecule has 66 valence electrons. The first-order chi connectivity index (χ1) is 6.10.